The predicted octanol–water partition coefficient (Wildman–Crippen LogP) is 1.61. The van der Waals surface area contributed by atoms with Gasteiger partial charge in [-0.15, -0.1) is 0 Å². The summed E-state index contributed by atoms with van der Waals surface area (Å²) < 4.78 is 5.28. The van der Waals surface area contributed by atoms with E-state index in [-0.39, 0.29) is 17.7 Å². The normalized spacial score (nSPS) is 16.8. The number of carbonyl (C=O) groups excluding carboxylic acids is 2. The molecular weight excluding hydrogens is 366 g/mol. The van der Waals surface area contributed by atoms with E-state index in [2.05, 4.69) is 26.2 Å². The molecule has 2 amide bonds. The van der Waals surface area contributed by atoms with Crippen LogP contribution >= 0.6 is 0 Å². The van der Waals surface area contributed by atoms with Crippen LogP contribution in [0.25, 0.3) is 0 Å². The van der Waals surface area contributed by atoms with Gasteiger partial charge in [-0.2, -0.15) is 0 Å². The summed E-state index contributed by atoms with van der Waals surface area (Å²) in [4.78, 5) is 31.3. The summed E-state index contributed by atoms with van der Waals surface area (Å²) in [6.45, 7) is 5.17. The van der Waals surface area contributed by atoms with Crippen LogP contribution in [0.5, 0.6) is 0 Å². The number of piperidine rings is 1. The molecule has 1 N–H and O–H groups in total. The van der Waals surface area contributed by atoms with Gasteiger partial charge in [0.2, 0.25) is 5.91 Å². The predicted molar refractivity (Wildman–Crippen MR) is 112 cm³/mol. The van der Waals surface area contributed by atoms with Crippen LogP contribution in [0.3, 0.4) is 0 Å². The number of likely N-dealkylation sites (tertiary alicyclic amines) is 1. The number of amides is 2. The van der Waals surface area contributed by atoms with Crippen molar-refractivity contribution in [3.05, 3.63) is 59.5 Å². The Kier molecular flexibility index (Phi) is 7.09. The number of carbonyl (C=O) groups is 2. The molecule has 1 fully saturated rings. The van der Waals surface area contributed by atoms with E-state index in [9.17, 15) is 9.59 Å². The molecule has 3 rings (SSSR count). The molecule has 2 heterocycles. The van der Waals surface area contributed by atoms with E-state index in [1.54, 1.807) is 19.3 Å². The lowest BCUT2D eigenvalue weighted by Crippen LogP contribution is -3.06. The molecule has 6 heteroatoms. The third-order valence-corrected chi connectivity index (χ3v) is 5.56. The molecule has 0 saturated carbocycles. The zero-order valence-electron chi connectivity index (χ0n) is 17.7. The van der Waals surface area contributed by atoms with Crippen LogP contribution in [0.4, 0.5) is 0 Å². The summed E-state index contributed by atoms with van der Waals surface area (Å²) in [5.74, 6) is 0.585. The minimum Gasteiger partial charge on any atom is -0.469 e. The monoisotopic (exact) mass is 398 g/mol. The van der Waals surface area contributed by atoms with Crippen LogP contribution in [0.2, 0.25) is 0 Å². The number of quaternary nitrogens is 1. The number of benzene rings is 1. The van der Waals surface area contributed by atoms with Crippen molar-refractivity contribution in [1.82, 2.24) is 9.80 Å². The first-order valence-corrected chi connectivity index (χ1v) is 10.4. The van der Waals surface area contributed by atoms with E-state index in [1.165, 1.54) is 4.90 Å². The summed E-state index contributed by atoms with van der Waals surface area (Å²) in [5.41, 5.74) is 1.72. The van der Waals surface area contributed by atoms with Gasteiger partial charge in [-0.05, 0) is 31.4 Å². The second kappa shape index (κ2) is 9.74. The zero-order chi connectivity index (χ0) is 20.8. The van der Waals surface area contributed by atoms with Gasteiger partial charge in [0.25, 0.3) is 5.91 Å². The quantitative estimate of drug-likeness (QED) is 0.771. The molecule has 6 nitrogen and oxygen atoms in total. The average molecular weight is 399 g/mol. The molecule has 156 valence electrons. The Morgan fingerprint density at radius 1 is 1.21 bits per heavy atom. The van der Waals surface area contributed by atoms with Crippen molar-refractivity contribution in [3.63, 3.8) is 0 Å². The highest BCUT2D eigenvalue weighted by molar-refractivity contribution is 5.95. The van der Waals surface area contributed by atoms with Gasteiger partial charge in [-0.3, -0.25) is 9.59 Å². The molecule has 1 aromatic heterocycles. The molecular formula is C23H32N3O3+. The summed E-state index contributed by atoms with van der Waals surface area (Å²) in [5, 5.41) is 0. The molecule has 0 bridgehead atoms. The highest BCUT2D eigenvalue weighted by Crippen LogP contribution is 2.23. The number of hydrogen-bond donors (Lipinski definition) is 1. The third kappa shape index (κ3) is 5.48. The zero-order valence-corrected chi connectivity index (χ0v) is 17.7. The highest BCUT2D eigenvalue weighted by atomic mass is 16.3. The van der Waals surface area contributed by atoms with Gasteiger partial charge in [0.15, 0.2) is 0 Å². The molecule has 2 aromatic rings. The first-order chi connectivity index (χ1) is 14.0. The van der Waals surface area contributed by atoms with Crippen molar-refractivity contribution >= 4 is 11.8 Å². The number of aryl methyl sites for hydroxylation is 1. The van der Waals surface area contributed by atoms with Gasteiger partial charge in [0.05, 0.1) is 44.9 Å². The molecule has 0 radical (unpaired) electrons. The third-order valence-electron chi connectivity index (χ3n) is 5.56. The second-order valence-electron chi connectivity index (χ2n) is 8.18. The van der Waals surface area contributed by atoms with Gasteiger partial charge >= 0.3 is 0 Å². The van der Waals surface area contributed by atoms with E-state index in [4.69, 9.17) is 4.42 Å². The number of nitrogens with zero attached hydrogens (tertiary/aromatic N) is 2. The molecule has 1 aliphatic rings. The average Bonchev–Trinajstić information content (AvgIpc) is 3.16. The first-order valence-electron chi connectivity index (χ1n) is 10.4. The van der Waals surface area contributed by atoms with Crippen LogP contribution in [-0.4, -0.2) is 61.9 Å². The fraction of sp³-hybridized carbons (Fsp3) is 0.478. The second-order valence-corrected chi connectivity index (χ2v) is 8.18. The maximum atomic E-state index is 13.4. The molecule has 0 aliphatic carbocycles. The number of furan rings is 1. The number of rotatable bonds is 7. The van der Waals surface area contributed by atoms with Gasteiger partial charge < -0.3 is 19.1 Å². The smallest absolute Gasteiger partial charge is 0.257 e. The molecule has 0 spiro atoms. The maximum Gasteiger partial charge on any atom is 0.257 e. The summed E-state index contributed by atoms with van der Waals surface area (Å²) >= 11 is 0. The lowest BCUT2D eigenvalue weighted by molar-refractivity contribution is -0.857. The van der Waals surface area contributed by atoms with E-state index in [1.807, 2.05) is 28.0 Å². The van der Waals surface area contributed by atoms with Crippen molar-refractivity contribution in [2.45, 2.75) is 26.3 Å². The Hall–Kier alpha value is -2.60. The summed E-state index contributed by atoms with van der Waals surface area (Å²) in [6, 6.07) is 11.8. The van der Waals surface area contributed by atoms with Crippen molar-refractivity contribution in [1.29, 1.82) is 0 Å². The Bertz CT molecular complexity index is 816. The Morgan fingerprint density at radius 3 is 2.62 bits per heavy atom. The molecule has 1 saturated heterocycles. The first kappa shape index (κ1) is 21.1. The Balaban J connectivity index is 1.70. The van der Waals surface area contributed by atoms with E-state index >= 15 is 0 Å². The van der Waals surface area contributed by atoms with E-state index < -0.39 is 0 Å². The number of nitrogens with one attached hydrogen (secondary N) is 1. The van der Waals surface area contributed by atoms with Gasteiger partial charge in [0, 0.05) is 19.6 Å². The minimum atomic E-state index is -0.152. The standard InChI is InChI=1S/C23H31N3O3/c1-18-21(11-15-29-18)23(28)25-12-7-10-20(17-25)22(27)26(14-13-24(2)3)16-19-8-5-4-6-9-19/h4-6,8-9,11,15,20H,7,10,12-14,16-17H2,1-3H3/p+1/t20-/m0/s1. The summed E-state index contributed by atoms with van der Waals surface area (Å²) in [6.07, 6.45) is 3.21. The maximum absolute atomic E-state index is 13.4. The van der Waals surface area contributed by atoms with Crippen LogP contribution in [0.1, 0.15) is 34.5 Å². The van der Waals surface area contributed by atoms with Crippen LogP contribution < -0.4 is 4.90 Å². The Labute approximate surface area is 173 Å². The van der Waals surface area contributed by atoms with Crippen molar-refractivity contribution < 1.29 is 18.9 Å². The van der Waals surface area contributed by atoms with Crippen molar-refractivity contribution in [3.8, 4) is 0 Å². The minimum absolute atomic E-state index is 0.0407. The van der Waals surface area contributed by atoms with Crippen molar-refractivity contribution in [2.75, 3.05) is 40.3 Å². The number of likely N-dealkylation sites (N-methyl/N-ethyl adjacent to an activating group) is 1. The lowest BCUT2D eigenvalue weighted by atomic mass is 9.95. The van der Waals surface area contributed by atoms with Crippen LogP contribution in [0, 0.1) is 12.8 Å². The lowest BCUT2D eigenvalue weighted by Gasteiger charge is -2.35. The molecule has 1 aliphatic heterocycles. The molecule has 1 atom stereocenters. The largest absolute Gasteiger partial charge is 0.469 e. The van der Waals surface area contributed by atoms with Crippen molar-refractivity contribution in [2.24, 2.45) is 5.92 Å². The topological polar surface area (TPSA) is 58.2 Å². The molecule has 1 aromatic carbocycles. The highest BCUT2D eigenvalue weighted by Gasteiger charge is 2.32. The van der Waals surface area contributed by atoms with Crippen LogP contribution in [-0.2, 0) is 11.3 Å². The van der Waals surface area contributed by atoms with Crippen LogP contribution in [0.15, 0.2) is 47.1 Å². The molecule has 29 heavy (non-hydrogen) atoms. The van der Waals surface area contributed by atoms with Gasteiger partial charge in [-0.25, -0.2) is 0 Å². The van der Waals surface area contributed by atoms with Gasteiger partial charge in [-0.1, -0.05) is 30.3 Å². The number of hydrogen-bond acceptors (Lipinski definition) is 3. The summed E-state index contributed by atoms with van der Waals surface area (Å²) in [7, 11) is 4.19. The van der Waals surface area contributed by atoms with Gasteiger partial charge in [0.1, 0.15) is 5.76 Å². The molecule has 0 unspecified atom stereocenters. The fourth-order valence-corrected chi connectivity index (χ4v) is 3.83. The fourth-order valence-electron chi connectivity index (χ4n) is 3.83. The SMILES string of the molecule is Cc1occc1C(=O)N1CCC[C@H](C(=O)N(CC[NH+](C)C)Cc2ccccc2)C1. The van der Waals surface area contributed by atoms with E-state index in [0.29, 0.717) is 37.5 Å². The Morgan fingerprint density at radius 2 is 1.97 bits per heavy atom. The van der Waals surface area contributed by atoms with E-state index in [0.717, 1.165) is 24.9 Å².